The number of halogens is 2. The monoisotopic (exact) mass is 208 g/mol. The Balaban J connectivity index is 0. The van der Waals surface area contributed by atoms with Gasteiger partial charge in [0.2, 0.25) is 0 Å². The van der Waals surface area contributed by atoms with Crippen molar-refractivity contribution in [1.29, 1.82) is 0 Å². The van der Waals surface area contributed by atoms with Crippen LogP contribution in [-0.2, 0) is 0 Å². The lowest BCUT2D eigenvalue weighted by Crippen LogP contribution is -2.19. The van der Waals surface area contributed by atoms with E-state index in [0.29, 0.717) is 0 Å². The van der Waals surface area contributed by atoms with Crippen LogP contribution in [0.15, 0.2) is 30.3 Å². The number of hydrazine groups is 1. The molecule has 0 bridgehead atoms. The maximum atomic E-state index is 3.14. The lowest BCUT2D eigenvalue weighted by Gasteiger charge is -2.12. The predicted molar refractivity (Wildman–Crippen MR) is 58.2 cm³/mol. The minimum absolute atomic E-state index is 0. The molecule has 0 aliphatic heterocycles. The van der Waals surface area contributed by atoms with E-state index in [4.69, 9.17) is 0 Å². The van der Waals surface area contributed by atoms with E-state index < -0.39 is 0 Å². The molecule has 0 spiro atoms. The molecule has 70 valence electrons. The summed E-state index contributed by atoms with van der Waals surface area (Å²) in [6.07, 6.45) is 0. The summed E-state index contributed by atoms with van der Waals surface area (Å²) in [6, 6.07) is 10.1. The molecular formula is C8H14Cl2N2. The summed E-state index contributed by atoms with van der Waals surface area (Å²) < 4.78 is 0. The Labute approximate surface area is 85.7 Å². The first-order valence-corrected chi connectivity index (χ1v) is 3.28. The summed E-state index contributed by atoms with van der Waals surface area (Å²) in [7, 11) is 3.93. The van der Waals surface area contributed by atoms with Crippen molar-refractivity contribution in [3.05, 3.63) is 30.3 Å². The smallest absolute Gasteiger partial charge is 0.0489 e. The van der Waals surface area contributed by atoms with E-state index in [9.17, 15) is 0 Å². The Bertz CT molecular complexity index is 190. The first kappa shape index (κ1) is 14.1. The molecule has 0 aliphatic carbocycles. The van der Waals surface area contributed by atoms with Gasteiger partial charge in [-0.15, -0.1) is 24.8 Å². The average Bonchev–Trinajstić information content (AvgIpc) is 1.88. The number of nitrogens with zero attached hydrogens (tertiary/aromatic N) is 1. The van der Waals surface area contributed by atoms with E-state index >= 15 is 0 Å². The molecule has 2 nitrogen and oxygen atoms in total. The van der Waals surface area contributed by atoms with Crippen molar-refractivity contribution in [2.45, 2.75) is 0 Å². The van der Waals surface area contributed by atoms with E-state index in [1.807, 2.05) is 49.4 Å². The van der Waals surface area contributed by atoms with E-state index in [1.54, 1.807) is 0 Å². The van der Waals surface area contributed by atoms with Gasteiger partial charge in [-0.05, 0) is 12.1 Å². The van der Waals surface area contributed by atoms with Crippen molar-refractivity contribution in [1.82, 2.24) is 5.01 Å². The number of hydrogen-bond donors (Lipinski definition) is 1. The van der Waals surface area contributed by atoms with E-state index in [2.05, 4.69) is 5.43 Å². The average molecular weight is 209 g/mol. The van der Waals surface area contributed by atoms with Crippen LogP contribution < -0.4 is 5.43 Å². The molecule has 0 unspecified atom stereocenters. The van der Waals surface area contributed by atoms with Gasteiger partial charge in [-0.3, -0.25) is 0 Å². The molecule has 0 saturated carbocycles. The highest BCUT2D eigenvalue weighted by Crippen LogP contribution is 2.03. The third kappa shape index (κ3) is 5.24. The Morgan fingerprint density at radius 3 is 1.92 bits per heavy atom. The maximum Gasteiger partial charge on any atom is 0.0489 e. The summed E-state index contributed by atoms with van der Waals surface area (Å²) >= 11 is 0. The van der Waals surface area contributed by atoms with Crippen LogP contribution in [0.4, 0.5) is 5.69 Å². The molecule has 1 N–H and O–H groups in total. The van der Waals surface area contributed by atoms with Gasteiger partial charge >= 0.3 is 0 Å². The third-order valence-corrected chi connectivity index (χ3v) is 1.13. The zero-order valence-corrected chi connectivity index (χ0v) is 8.78. The van der Waals surface area contributed by atoms with Gasteiger partial charge in [0.1, 0.15) is 0 Å². The van der Waals surface area contributed by atoms with Crippen molar-refractivity contribution in [2.24, 2.45) is 0 Å². The second kappa shape index (κ2) is 7.22. The van der Waals surface area contributed by atoms with Gasteiger partial charge in [0.05, 0.1) is 0 Å². The molecule has 0 atom stereocenters. The van der Waals surface area contributed by atoms with Crippen LogP contribution in [0.1, 0.15) is 0 Å². The third-order valence-electron chi connectivity index (χ3n) is 1.13. The molecule has 0 radical (unpaired) electrons. The van der Waals surface area contributed by atoms with Gasteiger partial charge in [0, 0.05) is 19.8 Å². The fourth-order valence-corrected chi connectivity index (χ4v) is 0.771. The fraction of sp³-hybridized carbons (Fsp3) is 0.250. The van der Waals surface area contributed by atoms with Gasteiger partial charge in [-0.25, -0.2) is 5.01 Å². The molecule has 12 heavy (non-hydrogen) atoms. The number of hydrogen-bond acceptors (Lipinski definition) is 2. The summed E-state index contributed by atoms with van der Waals surface area (Å²) in [5.74, 6) is 0. The number of nitrogens with one attached hydrogen (secondary N) is 1. The van der Waals surface area contributed by atoms with Crippen molar-refractivity contribution < 1.29 is 0 Å². The van der Waals surface area contributed by atoms with Gasteiger partial charge in [0.25, 0.3) is 0 Å². The normalized spacial score (nSPS) is 8.25. The van der Waals surface area contributed by atoms with E-state index in [-0.39, 0.29) is 24.8 Å². The van der Waals surface area contributed by atoms with Crippen molar-refractivity contribution >= 4 is 30.5 Å². The van der Waals surface area contributed by atoms with Crippen LogP contribution in [0, 0.1) is 0 Å². The Morgan fingerprint density at radius 1 is 1.00 bits per heavy atom. The number of benzene rings is 1. The predicted octanol–water partition coefficient (Wildman–Crippen LogP) is 2.42. The van der Waals surface area contributed by atoms with Gasteiger partial charge in [0.15, 0.2) is 0 Å². The summed E-state index contributed by atoms with van der Waals surface area (Å²) in [6.45, 7) is 0. The lowest BCUT2D eigenvalue weighted by atomic mass is 10.3. The molecule has 0 heterocycles. The quantitative estimate of drug-likeness (QED) is 0.752. The fourth-order valence-electron chi connectivity index (χ4n) is 0.771. The molecule has 0 amide bonds. The Morgan fingerprint density at radius 2 is 1.50 bits per heavy atom. The minimum Gasteiger partial charge on any atom is -0.319 e. The number of rotatable bonds is 2. The van der Waals surface area contributed by atoms with Gasteiger partial charge in [-0.1, -0.05) is 18.2 Å². The highest BCUT2D eigenvalue weighted by molar-refractivity contribution is 5.85. The summed E-state index contributed by atoms with van der Waals surface area (Å²) in [5, 5.41) is 1.91. The van der Waals surface area contributed by atoms with Crippen LogP contribution in [0.2, 0.25) is 0 Å². The molecular weight excluding hydrogens is 195 g/mol. The zero-order valence-electron chi connectivity index (χ0n) is 7.15. The second-order valence-corrected chi connectivity index (χ2v) is 2.37. The van der Waals surface area contributed by atoms with Crippen LogP contribution in [0.25, 0.3) is 0 Å². The van der Waals surface area contributed by atoms with Gasteiger partial charge < -0.3 is 5.43 Å². The van der Waals surface area contributed by atoms with Crippen molar-refractivity contribution in [3.63, 3.8) is 0 Å². The molecule has 0 saturated heterocycles. The molecule has 0 fully saturated rings. The molecule has 0 aliphatic rings. The Kier molecular flexibility index (Phi) is 8.49. The summed E-state index contributed by atoms with van der Waals surface area (Å²) in [5.41, 5.74) is 4.26. The molecule has 0 aromatic heterocycles. The van der Waals surface area contributed by atoms with Crippen LogP contribution >= 0.6 is 24.8 Å². The van der Waals surface area contributed by atoms with E-state index in [1.165, 1.54) is 0 Å². The number of para-hydroxylation sites is 1. The maximum absolute atomic E-state index is 3.14. The van der Waals surface area contributed by atoms with E-state index in [0.717, 1.165) is 5.69 Å². The molecule has 4 heteroatoms. The minimum atomic E-state index is 0. The largest absolute Gasteiger partial charge is 0.319 e. The first-order chi connectivity index (χ1) is 4.79. The molecule has 1 rings (SSSR count). The second-order valence-electron chi connectivity index (χ2n) is 2.37. The molecule has 1 aromatic carbocycles. The topological polar surface area (TPSA) is 15.3 Å². The standard InChI is InChI=1S/C8H12N2.2ClH/c1-10(2)9-8-6-4-3-5-7-8;;/h3-7,9H,1-2H3;2*1H. The molecule has 1 aromatic rings. The number of anilines is 1. The lowest BCUT2D eigenvalue weighted by molar-refractivity contribution is 0.495. The first-order valence-electron chi connectivity index (χ1n) is 3.28. The summed E-state index contributed by atoms with van der Waals surface area (Å²) in [4.78, 5) is 0. The Hall–Kier alpha value is -0.440. The van der Waals surface area contributed by atoms with Crippen molar-refractivity contribution in [2.75, 3.05) is 19.5 Å². The van der Waals surface area contributed by atoms with Crippen LogP contribution in [0.3, 0.4) is 0 Å². The van der Waals surface area contributed by atoms with Gasteiger partial charge in [-0.2, -0.15) is 0 Å². The van der Waals surface area contributed by atoms with Crippen LogP contribution in [0.5, 0.6) is 0 Å². The SMILES string of the molecule is CN(C)Nc1ccccc1.Cl.Cl. The highest BCUT2D eigenvalue weighted by atomic mass is 35.5. The zero-order chi connectivity index (χ0) is 7.40. The highest BCUT2D eigenvalue weighted by Gasteiger charge is 1.87. The van der Waals surface area contributed by atoms with Crippen molar-refractivity contribution in [3.8, 4) is 0 Å². The van der Waals surface area contributed by atoms with Crippen LogP contribution in [-0.4, -0.2) is 19.1 Å².